The molecular formula is C25H29F3O2. The Labute approximate surface area is 176 Å². The van der Waals surface area contributed by atoms with E-state index >= 15 is 0 Å². The van der Waals surface area contributed by atoms with E-state index in [0.29, 0.717) is 24.2 Å². The van der Waals surface area contributed by atoms with Crippen LogP contribution in [0.15, 0.2) is 54.6 Å². The van der Waals surface area contributed by atoms with Gasteiger partial charge >= 0.3 is 6.18 Å². The molecule has 0 spiro atoms. The van der Waals surface area contributed by atoms with E-state index in [-0.39, 0.29) is 5.41 Å². The first-order valence-corrected chi connectivity index (χ1v) is 10.7. The monoisotopic (exact) mass is 418 g/mol. The Kier molecular flexibility index (Phi) is 5.50. The van der Waals surface area contributed by atoms with Gasteiger partial charge in [0, 0.05) is 0 Å². The third-order valence-electron chi connectivity index (χ3n) is 7.11. The minimum atomic E-state index is -4.36. The van der Waals surface area contributed by atoms with Crippen molar-refractivity contribution < 1.29 is 22.6 Å². The molecule has 2 fully saturated rings. The lowest BCUT2D eigenvalue weighted by Crippen LogP contribution is -2.33. The molecule has 0 aromatic heterocycles. The molecule has 4 unspecified atom stereocenters. The van der Waals surface area contributed by atoms with Gasteiger partial charge in [0.1, 0.15) is 17.1 Å². The van der Waals surface area contributed by atoms with Crippen molar-refractivity contribution in [2.24, 2.45) is 17.3 Å². The molecule has 0 heterocycles. The summed E-state index contributed by atoms with van der Waals surface area (Å²) in [6.45, 7) is 5.09. The molecule has 0 radical (unpaired) electrons. The normalized spacial score (nSPS) is 30.8. The predicted molar refractivity (Wildman–Crippen MR) is 111 cm³/mol. The quantitative estimate of drug-likeness (QED) is 0.496. The largest absolute Gasteiger partial charge is 0.494 e. The molecule has 5 heteroatoms. The van der Waals surface area contributed by atoms with Gasteiger partial charge in [-0.25, -0.2) is 0 Å². The second kappa shape index (κ2) is 7.82. The third kappa shape index (κ3) is 4.45. The highest BCUT2D eigenvalue weighted by Gasteiger charge is 2.62. The van der Waals surface area contributed by atoms with Crippen molar-refractivity contribution >= 4 is 0 Å². The summed E-state index contributed by atoms with van der Waals surface area (Å²) in [5.74, 6) is 2.29. The molecule has 2 aliphatic rings. The first kappa shape index (κ1) is 21.1. The highest BCUT2D eigenvalue weighted by atomic mass is 19.4. The van der Waals surface area contributed by atoms with Gasteiger partial charge in [-0.05, 0) is 86.6 Å². The number of hydrogen-bond donors (Lipinski definition) is 0. The number of fused-ring (bicyclic) bond motifs is 1. The minimum Gasteiger partial charge on any atom is -0.494 e. The standard InChI is InChI=1S/C25H29F3O2/c1-23(30-20-11-6-8-18(16-20)25(26,27)28)13-7-14-24(2)21(22(24)17-23)12-15-29-19-9-4-3-5-10-19/h3-6,8-11,16,21-22H,7,12-15,17H2,1-2H3. The minimum absolute atomic E-state index is 0.287. The summed E-state index contributed by atoms with van der Waals surface area (Å²) >= 11 is 0. The van der Waals surface area contributed by atoms with Gasteiger partial charge in [-0.15, -0.1) is 0 Å². The number of alkyl halides is 3. The Morgan fingerprint density at radius 1 is 0.967 bits per heavy atom. The molecule has 0 N–H and O–H groups in total. The molecule has 2 aromatic rings. The number of benzene rings is 2. The topological polar surface area (TPSA) is 18.5 Å². The van der Waals surface area contributed by atoms with Gasteiger partial charge < -0.3 is 9.47 Å². The third-order valence-corrected chi connectivity index (χ3v) is 7.11. The number of ether oxygens (including phenoxy) is 2. The summed E-state index contributed by atoms with van der Waals surface area (Å²) in [7, 11) is 0. The van der Waals surface area contributed by atoms with Crippen molar-refractivity contribution in [3.05, 3.63) is 60.2 Å². The van der Waals surface area contributed by atoms with E-state index in [9.17, 15) is 13.2 Å². The molecule has 0 saturated heterocycles. The van der Waals surface area contributed by atoms with Crippen LogP contribution in [-0.4, -0.2) is 12.2 Å². The Hall–Kier alpha value is -2.17. The molecule has 2 saturated carbocycles. The van der Waals surface area contributed by atoms with Crippen molar-refractivity contribution in [3.63, 3.8) is 0 Å². The molecule has 0 amide bonds. The summed E-state index contributed by atoms with van der Waals surface area (Å²) in [5.41, 5.74) is -0.819. The number of hydrogen-bond acceptors (Lipinski definition) is 2. The molecule has 0 aliphatic heterocycles. The van der Waals surface area contributed by atoms with Gasteiger partial charge in [0.15, 0.2) is 0 Å². The second-order valence-electron chi connectivity index (χ2n) is 9.30. The van der Waals surface area contributed by atoms with Crippen molar-refractivity contribution in [3.8, 4) is 11.5 Å². The van der Waals surface area contributed by atoms with Crippen LogP contribution >= 0.6 is 0 Å². The predicted octanol–water partition coefficient (Wildman–Crippen LogP) is 7.14. The van der Waals surface area contributed by atoms with Gasteiger partial charge in [0.05, 0.1) is 12.2 Å². The molecule has 2 aromatic carbocycles. The summed E-state index contributed by atoms with van der Waals surface area (Å²) in [6, 6.07) is 15.1. The van der Waals surface area contributed by atoms with Crippen LogP contribution in [0.5, 0.6) is 11.5 Å². The molecule has 4 rings (SSSR count). The average molecular weight is 418 g/mol. The lowest BCUT2D eigenvalue weighted by Gasteiger charge is -2.31. The summed E-state index contributed by atoms with van der Waals surface area (Å²) in [6.07, 6.45) is 0.532. The lowest BCUT2D eigenvalue weighted by atomic mass is 9.92. The molecule has 0 bridgehead atoms. The number of rotatable bonds is 6. The van der Waals surface area contributed by atoms with Crippen LogP contribution < -0.4 is 9.47 Å². The maximum Gasteiger partial charge on any atom is 0.416 e. The van der Waals surface area contributed by atoms with Gasteiger partial charge in [-0.1, -0.05) is 31.2 Å². The second-order valence-corrected chi connectivity index (χ2v) is 9.30. The van der Waals surface area contributed by atoms with Crippen LogP contribution in [0.1, 0.15) is 51.5 Å². The Balaban J connectivity index is 1.38. The first-order chi connectivity index (χ1) is 14.2. The van der Waals surface area contributed by atoms with Gasteiger partial charge in [0.2, 0.25) is 0 Å². The van der Waals surface area contributed by atoms with E-state index in [0.717, 1.165) is 50.0 Å². The molecule has 4 atom stereocenters. The average Bonchev–Trinajstić information content (AvgIpc) is 3.26. The van der Waals surface area contributed by atoms with Crippen molar-refractivity contribution in [2.45, 2.75) is 57.7 Å². The van der Waals surface area contributed by atoms with Crippen LogP contribution in [-0.2, 0) is 6.18 Å². The van der Waals surface area contributed by atoms with Crippen molar-refractivity contribution in [1.29, 1.82) is 0 Å². The van der Waals surface area contributed by atoms with E-state index in [1.165, 1.54) is 6.07 Å². The van der Waals surface area contributed by atoms with E-state index in [4.69, 9.17) is 9.47 Å². The SMILES string of the molecule is CC1(Oc2cccc(C(F)(F)F)c2)CCCC2(C)C(CCOc3ccccc3)C2C1. The van der Waals surface area contributed by atoms with Crippen LogP contribution in [0, 0.1) is 17.3 Å². The van der Waals surface area contributed by atoms with Crippen molar-refractivity contribution in [1.82, 2.24) is 0 Å². The maximum atomic E-state index is 13.1. The van der Waals surface area contributed by atoms with Crippen LogP contribution in [0.2, 0.25) is 0 Å². The first-order valence-electron chi connectivity index (χ1n) is 10.7. The van der Waals surface area contributed by atoms with Crippen LogP contribution in [0.4, 0.5) is 13.2 Å². The highest BCUT2D eigenvalue weighted by molar-refractivity contribution is 5.31. The number of para-hydroxylation sites is 1. The molecule has 2 aliphatic carbocycles. The zero-order valence-corrected chi connectivity index (χ0v) is 17.5. The van der Waals surface area contributed by atoms with E-state index in [1.807, 2.05) is 30.3 Å². The van der Waals surface area contributed by atoms with Gasteiger partial charge in [-0.3, -0.25) is 0 Å². The lowest BCUT2D eigenvalue weighted by molar-refractivity contribution is -0.137. The molecule has 2 nitrogen and oxygen atoms in total. The summed E-state index contributed by atoms with van der Waals surface area (Å²) < 4.78 is 51.2. The smallest absolute Gasteiger partial charge is 0.416 e. The fraction of sp³-hybridized carbons (Fsp3) is 0.520. The van der Waals surface area contributed by atoms with E-state index < -0.39 is 17.3 Å². The highest BCUT2D eigenvalue weighted by Crippen LogP contribution is 2.67. The van der Waals surface area contributed by atoms with Gasteiger partial charge in [0.25, 0.3) is 0 Å². The fourth-order valence-corrected chi connectivity index (χ4v) is 5.39. The van der Waals surface area contributed by atoms with Crippen LogP contribution in [0.25, 0.3) is 0 Å². The van der Waals surface area contributed by atoms with E-state index in [1.54, 1.807) is 6.07 Å². The summed E-state index contributed by atoms with van der Waals surface area (Å²) in [4.78, 5) is 0. The van der Waals surface area contributed by atoms with Crippen LogP contribution in [0.3, 0.4) is 0 Å². The molecule has 30 heavy (non-hydrogen) atoms. The van der Waals surface area contributed by atoms with Gasteiger partial charge in [-0.2, -0.15) is 13.2 Å². The Bertz CT molecular complexity index is 866. The molecule has 162 valence electrons. The van der Waals surface area contributed by atoms with E-state index in [2.05, 4.69) is 13.8 Å². The fourth-order valence-electron chi connectivity index (χ4n) is 5.39. The number of halogens is 3. The zero-order chi connectivity index (χ0) is 21.4. The zero-order valence-electron chi connectivity index (χ0n) is 17.5. The summed E-state index contributed by atoms with van der Waals surface area (Å²) in [5, 5.41) is 0. The Morgan fingerprint density at radius 3 is 2.43 bits per heavy atom. The Morgan fingerprint density at radius 2 is 1.70 bits per heavy atom. The molecular weight excluding hydrogens is 389 g/mol. The van der Waals surface area contributed by atoms with Crippen molar-refractivity contribution in [2.75, 3.05) is 6.61 Å². The maximum absolute atomic E-state index is 13.1.